The molecular weight excluding hydrogens is 394 g/mol. The van der Waals surface area contributed by atoms with Crippen LogP contribution in [0.5, 0.6) is 11.5 Å². The van der Waals surface area contributed by atoms with Gasteiger partial charge in [-0.15, -0.1) is 0 Å². The summed E-state index contributed by atoms with van der Waals surface area (Å²) in [5, 5.41) is 6.14. The third-order valence-electron chi connectivity index (χ3n) is 4.84. The quantitative estimate of drug-likeness (QED) is 0.428. The van der Waals surface area contributed by atoms with Gasteiger partial charge in [0.1, 0.15) is 0 Å². The first-order valence-electron chi connectivity index (χ1n) is 10.8. The van der Waals surface area contributed by atoms with E-state index in [1.807, 2.05) is 6.07 Å². The third kappa shape index (κ3) is 9.87. The number of unbranched alkanes of at least 4 members (excludes halogenated alkanes) is 2. The predicted molar refractivity (Wildman–Crippen MR) is 124 cm³/mol. The van der Waals surface area contributed by atoms with Crippen LogP contribution in [-0.4, -0.2) is 50.2 Å². The molecule has 1 aliphatic heterocycles. The van der Waals surface area contributed by atoms with Crippen LogP contribution in [0.2, 0.25) is 0 Å². The number of piperazine rings is 1. The second-order valence-corrected chi connectivity index (χ2v) is 7.78. The van der Waals surface area contributed by atoms with Crippen molar-refractivity contribution in [2.75, 3.05) is 33.3 Å². The molecule has 0 unspecified atom stereocenters. The topological polar surface area (TPSA) is 79.9 Å². The molecule has 7 heteroatoms. The molecule has 1 aromatic carbocycles. The average Bonchev–Trinajstić information content (AvgIpc) is 2.75. The number of ether oxygens (including phenoxy) is 2. The molecule has 0 aromatic heterocycles. The number of hydrogen-bond donors (Lipinski definition) is 2. The van der Waals surface area contributed by atoms with E-state index in [-0.39, 0.29) is 19.4 Å². The summed E-state index contributed by atoms with van der Waals surface area (Å²) in [6.45, 7) is 7.50. The number of carbonyl (C=O) groups excluding carboxylic acids is 2. The van der Waals surface area contributed by atoms with Gasteiger partial charge in [-0.05, 0) is 42.9 Å². The Hall–Kier alpha value is -2.54. The summed E-state index contributed by atoms with van der Waals surface area (Å²) in [6, 6.07) is 5.33. The van der Waals surface area contributed by atoms with E-state index in [4.69, 9.17) is 9.47 Å². The van der Waals surface area contributed by atoms with Crippen molar-refractivity contribution in [3.8, 4) is 11.5 Å². The molecule has 0 radical (unpaired) electrons. The van der Waals surface area contributed by atoms with Crippen LogP contribution in [0.15, 0.2) is 30.4 Å². The van der Waals surface area contributed by atoms with Crippen LogP contribution in [0.1, 0.15) is 52.5 Å². The molecule has 7 nitrogen and oxygen atoms in total. The van der Waals surface area contributed by atoms with Gasteiger partial charge in [0.15, 0.2) is 11.5 Å². The maximum absolute atomic E-state index is 12.3. The molecule has 0 atom stereocenters. The summed E-state index contributed by atoms with van der Waals surface area (Å²) in [5.41, 5.74) is 0.891. The maximum Gasteiger partial charge on any atom is 0.415 e. The minimum atomic E-state index is -0.376. The van der Waals surface area contributed by atoms with Gasteiger partial charge in [-0.25, -0.2) is 4.79 Å². The van der Waals surface area contributed by atoms with Gasteiger partial charge in [-0.2, -0.15) is 0 Å². The van der Waals surface area contributed by atoms with E-state index < -0.39 is 0 Å². The molecule has 174 valence electrons. The number of methoxy groups -OCH3 is 1. The standard InChI is InChI=1S/C23H35N3O4.CH4/c1-18(2)8-6-4-5-7-9-22(27)25-17-19-10-11-20(21(16-19)29-3)30-23(28)26-14-12-24-13-15-26;/h6,8,10-11,16,18,24H,4-5,7,9,12-15,17H2,1-3H3,(H,25,27);1H4/b8-6+;. The highest BCUT2D eigenvalue weighted by Crippen LogP contribution is 2.28. The summed E-state index contributed by atoms with van der Waals surface area (Å²) in [7, 11) is 1.54. The second-order valence-electron chi connectivity index (χ2n) is 7.78. The minimum absolute atomic E-state index is 0. The molecule has 2 N–H and O–H groups in total. The fourth-order valence-corrected chi connectivity index (χ4v) is 3.12. The summed E-state index contributed by atoms with van der Waals surface area (Å²) in [6.07, 6.45) is 7.42. The van der Waals surface area contributed by atoms with Crippen LogP contribution in [0.25, 0.3) is 0 Å². The molecule has 1 aliphatic rings. The molecule has 0 spiro atoms. The molecule has 2 amide bonds. The summed E-state index contributed by atoms with van der Waals surface area (Å²) in [4.78, 5) is 26.0. The zero-order valence-corrected chi connectivity index (χ0v) is 18.4. The summed E-state index contributed by atoms with van der Waals surface area (Å²) < 4.78 is 10.9. The predicted octanol–water partition coefficient (Wildman–Crippen LogP) is 4.12. The van der Waals surface area contributed by atoms with E-state index in [0.29, 0.717) is 43.5 Å². The van der Waals surface area contributed by atoms with E-state index in [2.05, 4.69) is 36.6 Å². The fourth-order valence-electron chi connectivity index (χ4n) is 3.12. The van der Waals surface area contributed by atoms with Crippen LogP contribution < -0.4 is 20.1 Å². The van der Waals surface area contributed by atoms with Gasteiger partial charge in [-0.3, -0.25) is 4.79 Å². The number of allylic oxidation sites excluding steroid dienone is 2. The Morgan fingerprint density at radius 3 is 2.61 bits per heavy atom. The first-order valence-corrected chi connectivity index (χ1v) is 10.8. The van der Waals surface area contributed by atoms with Gasteiger partial charge in [-0.1, -0.05) is 39.5 Å². The lowest BCUT2D eigenvalue weighted by molar-refractivity contribution is -0.121. The Balaban J connectivity index is 0.00000480. The van der Waals surface area contributed by atoms with Crippen molar-refractivity contribution < 1.29 is 19.1 Å². The van der Waals surface area contributed by atoms with Gasteiger partial charge in [0.25, 0.3) is 0 Å². The number of amides is 2. The molecule has 0 bridgehead atoms. The zero-order valence-electron chi connectivity index (χ0n) is 18.4. The van der Waals surface area contributed by atoms with Gasteiger partial charge < -0.3 is 25.0 Å². The van der Waals surface area contributed by atoms with E-state index in [0.717, 1.165) is 37.9 Å². The van der Waals surface area contributed by atoms with E-state index >= 15 is 0 Å². The lowest BCUT2D eigenvalue weighted by Crippen LogP contribution is -2.47. The van der Waals surface area contributed by atoms with E-state index in [9.17, 15) is 9.59 Å². The molecule has 31 heavy (non-hydrogen) atoms. The first-order chi connectivity index (χ1) is 14.5. The Morgan fingerprint density at radius 1 is 1.19 bits per heavy atom. The van der Waals surface area contributed by atoms with Crippen molar-refractivity contribution in [3.05, 3.63) is 35.9 Å². The van der Waals surface area contributed by atoms with Crippen LogP contribution in [0.4, 0.5) is 4.79 Å². The molecule has 2 rings (SSSR count). The first kappa shape index (κ1) is 26.5. The Labute approximate surface area is 187 Å². The van der Waals surface area contributed by atoms with Crippen LogP contribution in [0, 0.1) is 5.92 Å². The van der Waals surface area contributed by atoms with Gasteiger partial charge in [0.2, 0.25) is 5.91 Å². The highest BCUT2D eigenvalue weighted by atomic mass is 16.6. The van der Waals surface area contributed by atoms with Gasteiger partial charge in [0.05, 0.1) is 7.11 Å². The number of nitrogens with zero attached hydrogens (tertiary/aromatic N) is 1. The van der Waals surface area contributed by atoms with E-state index in [1.165, 1.54) is 7.11 Å². The normalized spacial score (nSPS) is 13.7. The lowest BCUT2D eigenvalue weighted by atomic mass is 10.1. The maximum atomic E-state index is 12.3. The number of carbonyl (C=O) groups is 2. The van der Waals surface area contributed by atoms with Crippen molar-refractivity contribution >= 4 is 12.0 Å². The fraction of sp³-hybridized carbons (Fsp3) is 0.583. The number of hydrogen-bond acceptors (Lipinski definition) is 5. The highest BCUT2D eigenvalue weighted by Gasteiger charge is 2.19. The van der Waals surface area contributed by atoms with Gasteiger partial charge in [0, 0.05) is 39.1 Å². The largest absolute Gasteiger partial charge is 0.493 e. The molecule has 1 saturated heterocycles. The second kappa shape index (κ2) is 14.5. The molecular formula is C24H39N3O4. The molecule has 0 aliphatic carbocycles. The van der Waals surface area contributed by atoms with Crippen molar-refractivity contribution in [2.45, 2.75) is 53.5 Å². The molecule has 1 heterocycles. The summed E-state index contributed by atoms with van der Waals surface area (Å²) in [5.74, 6) is 1.46. The van der Waals surface area contributed by atoms with Crippen LogP contribution in [-0.2, 0) is 11.3 Å². The van der Waals surface area contributed by atoms with Crippen molar-refractivity contribution in [1.29, 1.82) is 0 Å². The molecule has 0 saturated carbocycles. The lowest BCUT2D eigenvalue weighted by Gasteiger charge is -2.26. The van der Waals surface area contributed by atoms with Crippen molar-refractivity contribution in [1.82, 2.24) is 15.5 Å². The SMILES string of the molecule is C.COc1cc(CNC(=O)CCCC/C=C/C(C)C)ccc1OC(=O)N1CCNCC1. The average molecular weight is 434 g/mol. The molecule has 1 aromatic rings. The Bertz CT molecular complexity index is 713. The van der Waals surface area contributed by atoms with Crippen LogP contribution >= 0.6 is 0 Å². The molecule has 1 fully saturated rings. The van der Waals surface area contributed by atoms with Crippen molar-refractivity contribution in [2.24, 2.45) is 5.92 Å². The zero-order chi connectivity index (χ0) is 21.8. The summed E-state index contributed by atoms with van der Waals surface area (Å²) >= 11 is 0. The number of nitrogens with one attached hydrogen (secondary N) is 2. The highest BCUT2D eigenvalue weighted by molar-refractivity contribution is 5.76. The smallest absolute Gasteiger partial charge is 0.415 e. The Kier molecular flexibility index (Phi) is 12.4. The van der Waals surface area contributed by atoms with E-state index in [1.54, 1.807) is 17.0 Å². The minimum Gasteiger partial charge on any atom is -0.493 e. The van der Waals surface area contributed by atoms with Gasteiger partial charge >= 0.3 is 6.09 Å². The van der Waals surface area contributed by atoms with Crippen LogP contribution in [0.3, 0.4) is 0 Å². The number of benzene rings is 1. The Morgan fingerprint density at radius 2 is 1.94 bits per heavy atom. The monoisotopic (exact) mass is 433 g/mol. The number of rotatable bonds is 10. The third-order valence-corrected chi connectivity index (χ3v) is 4.84. The van der Waals surface area contributed by atoms with Crippen molar-refractivity contribution in [3.63, 3.8) is 0 Å².